The van der Waals surface area contributed by atoms with Crippen LogP contribution in [0.4, 0.5) is 0 Å². The number of hydrogen-bond acceptors (Lipinski definition) is 6. The predicted molar refractivity (Wildman–Crippen MR) is 95.8 cm³/mol. The van der Waals surface area contributed by atoms with Crippen LogP contribution in [-0.4, -0.2) is 49.3 Å². The fraction of sp³-hybridized carbons (Fsp3) is 0.684. The summed E-state index contributed by atoms with van der Waals surface area (Å²) in [6.07, 6.45) is 5.96. The van der Waals surface area contributed by atoms with Gasteiger partial charge in [-0.3, -0.25) is 14.7 Å². The van der Waals surface area contributed by atoms with Gasteiger partial charge in [0.25, 0.3) is 0 Å². The van der Waals surface area contributed by atoms with E-state index in [-0.39, 0.29) is 11.9 Å². The van der Waals surface area contributed by atoms with Crippen molar-refractivity contribution in [1.29, 1.82) is 0 Å². The van der Waals surface area contributed by atoms with Gasteiger partial charge in [-0.05, 0) is 12.8 Å². The van der Waals surface area contributed by atoms with Crippen LogP contribution in [0.5, 0.6) is 11.5 Å². The van der Waals surface area contributed by atoms with Gasteiger partial charge in [0, 0.05) is 25.7 Å². The Balaban J connectivity index is 1.94. The fourth-order valence-electron chi connectivity index (χ4n) is 2.67. The van der Waals surface area contributed by atoms with E-state index >= 15 is 0 Å². The molecule has 6 nitrogen and oxygen atoms in total. The minimum atomic E-state index is -0.132. The molecular weight excluding hydrogens is 320 g/mol. The average molecular weight is 350 g/mol. The number of ether oxygens (including phenoxy) is 3. The number of likely N-dealkylation sites (tertiary alicyclic amines) is 1. The SMILES string of the molecule is CCCCOc1cnc(CN2CC(C(=O)OC)C2)cc1OCCCC. The van der Waals surface area contributed by atoms with Crippen LogP contribution in [0.1, 0.15) is 45.2 Å². The zero-order valence-corrected chi connectivity index (χ0v) is 15.6. The van der Waals surface area contributed by atoms with E-state index in [0.717, 1.165) is 50.2 Å². The summed E-state index contributed by atoms with van der Waals surface area (Å²) >= 11 is 0. The third kappa shape index (κ3) is 5.88. The molecule has 0 aliphatic carbocycles. The molecule has 0 unspecified atom stereocenters. The lowest BCUT2D eigenvalue weighted by Crippen LogP contribution is -2.50. The number of hydrogen-bond donors (Lipinski definition) is 0. The van der Waals surface area contributed by atoms with Crippen molar-refractivity contribution in [3.8, 4) is 11.5 Å². The fourth-order valence-corrected chi connectivity index (χ4v) is 2.67. The van der Waals surface area contributed by atoms with E-state index in [1.165, 1.54) is 7.11 Å². The van der Waals surface area contributed by atoms with E-state index in [1.54, 1.807) is 6.20 Å². The number of nitrogens with zero attached hydrogens (tertiary/aromatic N) is 2. The Hall–Kier alpha value is -1.82. The Morgan fingerprint density at radius 1 is 1.16 bits per heavy atom. The first-order valence-electron chi connectivity index (χ1n) is 9.22. The van der Waals surface area contributed by atoms with Gasteiger partial charge in [-0.15, -0.1) is 0 Å². The second kappa shape index (κ2) is 10.2. The molecule has 0 amide bonds. The molecule has 1 fully saturated rings. The second-order valence-corrected chi connectivity index (χ2v) is 6.44. The molecular formula is C19H30N2O4. The van der Waals surface area contributed by atoms with Crippen molar-refractivity contribution in [2.24, 2.45) is 5.92 Å². The summed E-state index contributed by atoms with van der Waals surface area (Å²) in [5.41, 5.74) is 0.928. The highest BCUT2D eigenvalue weighted by atomic mass is 16.5. The summed E-state index contributed by atoms with van der Waals surface area (Å²) in [5, 5.41) is 0. The number of carbonyl (C=O) groups excluding carboxylic acids is 1. The van der Waals surface area contributed by atoms with E-state index in [1.807, 2.05) is 6.07 Å². The zero-order valence-electron chi connectivity index (χ0n) is 15.6. The quantitative estimate of drug-likeness (QED) is 0.451. The van der Waals surface area contributed by atoms with Crippen LogP contribution in [-0.2, 0) is 16.1 Å². The minimum Gasteiger partial charge on any atom is -0.490 e. The van der Waals surface area contributed by atoms with Gasteiger partial charge in [0.1, 0.15) is 0 Å². The standard InChI is InChI=1S/C19H30N2O4/c1-4-6-8-24-17-10-16(20-11-18(17)25-9-7-5-2)14-21-12-15(13-21)19(22)23-3/h10-11,15H,4-9,12-14H2,1-3H3. The molecule has 0 aromatic carbocycles. The molecule has 2 rings (SSSR count). The lowest BCUT2D eigenvalue weighted by molar-refractivity contribution is -0.151. The van der Waals surface area contributed by atoms with Crippen molar-refractivity contribution in [2.75, 3.05) is 33.4 Å². The summed E-state index contributed by atoms with van der Waals surface area (Å²) < 4.78 is 16.5. The van der Waals surface area contributed by atoms with Crippen LogP contribution < -0.4 is 9.47 Å². The van der Waals surface area contributed by atoms with Crippen molar-refractivity contribution in [3.63, 3.8) is 0 Å². The number of carbonyl (C=O) groups is 1. The Labute approximate surface area is 150 Å². The van der Waals surface area contributed by atoms with Gasteiger partial charge in [0.15, 0.2) is 11.5 Å². The third-order valence-corrected chi connectivity index (χ3v) is 4.28. The van der Waals surface area contributed by atoms with Crippen LogP contribution >= 0.6 is 0 Å². The van der Waals surface area contributed by atoms with Gasteiger partial charge in [0.2, 0.25) is 0 Å². The molecule has 0 N–H and O–H groups in total. The highest BCUT2D eigenvalue weighted by Gasteiger charge is 2.33. The number of pyridine rings is 1. The van der Waals surface area contributed by atoms with E-state index in [2.05, 4.69) is 23.7 Å². The molecule has 0 bridgehead atoms. The number of rotatable bonds is 11. The highest BCUT2D eigenvalue weighted by molar-refractivity contribution is 5.73. The summed E-state index contributed by atoms with van der Waals surface area (Å²) in [6.45, 7) is 7.77. The van der Waals surface area contributed by atoms with Crippen molar-refractivity contribution in [3.05, 3.63) is 18.0 Å². The van der Waals surface area contributed by atoms with E-state index in [4.69, 9.17) is 14.2 Å². The molecule has 0 atom stereocenters. The summed E-state index contributed by atoms with van der Waals surface area (Å²) in [5.74, 6) is 1.33. The van der Waals surface area contributed by atoms with Crippen molar-refractivity contribution in [2.45, 2.75) is 46.1 Å². The highest BCUT2D eigenvalue weighted by Crippen LogP contribution is 2.29. The molecule has 6 heteroatoms. The monoisotopic (exact) mass is 350 g/mol. The number of aromatic nitrogens is 1. The van der Waals surface area contributed by atoms with Gasteiger partial charge in [-0.2, -0.15) is 0 Å². The molecule has 0 spiro atoms. The summed E-state index contributed by atoms with van der Waals surface area (Å²) in [4.78, 5) is 18.1. The van der Waals surface area contributed by atoms with Crippen LogP contribution in [0.15, 0.2) is 12.3 Å². The summed E-state index contributed by atoms with van der Waals surface area (Å²) in [7, 11) is 1.43. The van der Waals surface area contributed by atoms with Crippen LogP contribution in [0.25, 0.3) is 0 Å². The molecule has 25 heavy (non-hydrogen) atoms. The average Bonchev–Trinajstić information content (AvgIpc) is 2.59. The predicted octanol–water partition coefficient (Wildman–Crippen LogP) is 3.04. The normalized spacial score (nSPS) is 14.8. The maximum absolute atomic E-state index is 11.5. The smallest absolute Gasteiger partial charge is 0.311 e. The van der Waals surface area contributed by atoms with Gasteiger partial charge >= 0.3 is 5.97 Å². The molecule has 1 aromatic heterocycles. The van der Waals surface area contributed by atoms with Crippen LogP contribution in [0.2, 0.25) is 0 Å². The summed E-state index contributed by atoms with van der Waals surface area (Å²) in [6, 6.07) is 1.96. The van der Waals surface area contributed by atoms with E-state index in [0.29, 0.717) is 25.5 Å². The molecule has 1 saturated heterocycles. The van der Waals surface area contributed by atoms with Gasteiger partial charge < -0.3 is 14.2 Å². The first-order chi connectivity index (χ1) is 12.2. The van der Waals surface area contributed by atoms with Crippen LogP contribution in [0.3, 0.4) is 0 Å². The van der Waals surface area contributed by atoms with Crippen molar-refractivity contribution < 1.29 is 19.0 Å². The molecule has 1 aliphatic rings. The first kappa shape index (κ1) is 19.5. The number of unbranched alkanes of at least 4 members (excludes halogenated alkanes) is 2. The Morgan fingerprint density at radius 2 is 1.80 bits per heavy atom. The Kier molecular flexibility index (Phi) is 7.98. The topological polar surface area (TPSA) is 60.9 Å². The molecule has 2 heterocycles. The van der Waals surface area contributed by atoms with Crippen molar-refractivity contribution >= 4 is 5.97 Å². The first-order valence-corrected chi connectivity index (χ1v) is 9.22. The Morgan fingerprint density at radius 3 is 2.40 bits per heavy atom. The van der Waals surface area contributed by atoms with Crippen molar-refractivity contribution in [1.82, 2.24) is 9.88 Å². The molecule has 0 radical (unpaired) electrons. The number of esters is 1. The third-order valence-electron chi connectivity index (χ3n) is 4.28. The molecule has 140 valence electrons. The second-order valence-electron chi connectivity index (χ2n) is 6.44. The lowest BCUT2D eigenvalue weighted by atomic mass is 10.0. The van der Waals surface area contributed by atoms with Gasteiger partial charge in [-0.25, -0.2) is 0 Å². The van der Waals surface area contributed by atoms with Gasteiger partial charge in [-0.1, -0.05) is 26.7 Å². The lowest BCUT2D eigenvalue weighted by Gasteiger charge is -2.37. The molecule has 1 aliphatic heterocycles. The van der Waals surface area contributed by atoms with Crippen LogP contribution in [0, 0.1) is 5.92 Å². The largest absolute Gasteiger partial charge is 0.490 e. The Bertz CT molecular complexity index is 544. The molecule has 0 saturated carbocycles. The van der Waals surface area contributed by atoms with Gasteiger partial charge in [0.05, 0.1) is 38.1 Å². The van der Waals surface area contributed by atoms with E-state index < -0.39 is 0 Å². The minimum absolute atomic E-state index is 0.0121. The maximum Gasteiger partial charge on any atom is 0.311 e. The number of methoxy groups -OCH3 is 1. The molecule has 1 aromatic rings. The van der Waals surface area contributed by atoms with E-state index in [9.17, 15) is 4.79 Å². The maximum atomic E-state index is 11.5. The zero-order chi connectivity index (χ0) is 18.1.